The third kappa shape index (κ3) is 4.31. The Bertz CT molecular complexity index is 1330. The second-order valence-electron chi connectivity index (χ2n) is 9.03. The first-order valence-electron chi connectivity index (χ1n) is 11.6. The van der Waals surface area contributed by atoms with Crippen molar-refractivity contribution < 1.29 is 9.59 Å². The molecule has 6 heteroatoms. The quantitative estimate of drug-likeness (QED) is 0.478. The Balaban J connectivity index is 1.37. The van der Waals surface area contributed by atoms with Crippen LogP contribution in [0.3, 0.4) is 0 Å². The third-order valence-electron chi connectivity index (χ3n) is 6.58. The zero-order valence-corrected chi connectivity index (χ0v) is 19.4. The van der Waals surface area contributed by atoms with E-state index in [2.05, 4.69) is 5.32 Å². The molecule has 2 atom stereocenters. The molecule has 5 rings (SSSR count). The first kappa shape index (κ1) is 21.9. The van der Waals surface area contributed by atoms with Gasteiger partial charge in [0.05, 0.1) is 17.0 Å². The molecule has 6 nitrogen and oxygen atoms in total. The van der Waals surface area contributed by atoms with Crippen LogP contribution >= 0.6 is 0 Å². The SMILES string of the molecule is Cc1ccc(CN2CC(C(=O)NC(c3ccccc3)c3nc4ccccc4n3C)CC2=O)cc1. The van der Waals surface area contributed by atoms with E-state index in [1.165, 1.54) is 5.56 Å². The molecule has 2 heterocycles. The van der Waals surface area contributed by atoms with Gasteiger partial charge in [-0.3, -0.25) is 9.59 Å². The standard InChI is InChI=1S/C28H28N4O2/c1-19-12-14-20(15-13-19)17-32-18-22(16-25(32)33)28(34)30-26(21-8-4-3-5-9-21)27-29-23-10-6-7-11-24(23)31(27)2/h3-15,22,26H,16-18H2,1-2H3,(H,30,34). The molecule has 0 spiro atoms. The fourth-order valence-electron chi connectivity index (χ4n) is 4.64. The van der Waals surface area contributed by atoms with Crippen molar-refractivity contribution >= 4 is 22.8 Å². The summed E-state index contributed by atoms with van der Waals surface area (Å²) in [5, 5.41) is 3.20. The van der Waals surface area contributed by atoms with Crippen LogP contribution in [-0.4, -0.2) is 32.8 Å². The lowest BCUT2D eigenvalue weighted by atomic mass is 10.0. The maximum absolute atomic E-state index is 13.4. The molecule has 1 aliphatic rings. The Morgan fingerprint density at radius 1 is 1.03 bits per heavy atom. The number of rotatable bonds is 6. The van der Waals surface area contributed by atoms with Crippen molar-refractivity contribution in [2.24, 2.45) is 13.0 Å². The molecule has 0 saturated carbocycles. The largest absolute Gasteiger partial charge is 0.342 e. The molecule has 1 N–H and O–H groups in total. The monoisotopic (exact) mass is 452 g/mol. The minimum Gasteiger partial charge on any atom is -0.342 e. The van der Waals surface area contributed by atoms with E-state index in [1.807, 2.05) is 97.4 Å². The number of carbonyl (C=O) groups is 2. The van der Waals surface area contributed by atoms with E-state index in [-0.39, 0.29) is 24.2 Å². The highest BCUT2D eigenvalue weighted by Crippen LogP contribution is 2.27. The molecular formula is C28H28N4O2. The second kappa shape index (κ2) is 9.14. The van der Waals surface area contributed by atoms with E-state index < -0.39 is 6.04 Å². The van der Waals surface area contributed by atoms with E-state index in [0.717, 1.165) is 28.0 Å². The van der Waals surface area contributed by atoms with Gasteiger partial charge in [0.1, 0.15) is 11.9 Å². The molecule has 1 fully saturated rings. The van der Waals surface area contributed by atoms with Gasteiger partial charge in [-0.2, -0.15) is 0 Å². The maximum Gasteiger partial charge on any atom is 0.226 e. The number of fused-ring (bicyclic) bond motifs is 1. The Labute approximate surface area is 199 Å². The Hall–Kier alpha value is -3.93. The van der Waals surface area contributed by atoms with Crippen molar-refractivity contribution in [3.05, 3.63) is 101 Å². The number of likely N-dealkylation sites (tertiary alicyclic amines) is 1. The molecule has 2 unspecified atom stereocenters. The third-order valence-corrected chi connectivity index (χ3v) is 6.58. The number of benzene rings is 3. The van der Waals surface area contributed by atoms with Gasteiger partial charge in [0.15, 0.2) is 0 Å². The lowest BCUT2D eigenvalue weighted by Gasteiger charge is -2.21. The Morgan fingerprint density at radius 2 is 1.74 bits per heavy atom. The Morgan fingerprint density at radius 3 is 2.47 bits per heavy atom. The summed E-state index contributed by atoms with van der Waals surface area (Å²) < 4.78 is 2.02. The van der Waals surface area contributed by atoms with Crippen LogP contribution < -0.4 is 5.32 Å². The number of hydrogen-bond acceptors (Lipinski definition) is 3. The van der Waals surface area contributed by atoms with Gasteiger partial charge in [0.25, 0.3) is 0 Å². The number of para-hydroxylation sites is 2. The second-order valence-corrected chi connectivity index (χ2v) is 9.03. The fraction of sp³-hybridized carbons (Fsp3) is 0.250. The number of imidazole rings is 1. The van der Waals surface area contributed by atoms with Gasteiger partial charge in [0, 0.05) is 26.6 Å². The van der Waals surface area contributed by atoms with E-state index >= 15 is 0 Å². The smallest absolute Gasteiger partial charge is 0.226 e. The summed E-state index contributed by atoms with van der Waals surface area (Å²) in [4.78, 5) is 32.7. The predicted molar refractivity (Wildman–Crippen MR) is 132 cm³/mol. The minimum atomic E-state index is -0.410. The lowest BCUT2D eigenvalue weighted by Crippen LogP contribution is -2.37. The molecule has 0 aliphatic carbocycles. The summed E-state index contributed by atoms with van der Waals surface area (Å²) in [6, 6.07) is 25.5. The first-order chi connectivity index (χ1) is 16.5. The van der Waals surface area contributed by atoms with Crippen LogP contribution in [0.1, 0.15) is 35.0 Å². The summed E-state index contributed by atoms with van der Waals surface area (Å²) >= 11 is 0. The van der Waals surface area contributed by atoms with Crippen molar-refractivity contribution in [2.75, 3.05) is 6.54 Å². The summed E-state index contributed by atoms with van der Waals surface area (Å²) in [5.74, 6) is 0.265. The van der Waals surface area contributed by atoms with Crippen molar-refractivity contribution in [1.82, 2.24) is 19.8 Å². The number of carbonyl (C=O) groups excluding carboxylic acids is 2. The van der Waals surface area contributed by atoms with Gasteiger partial charge in [-0.05, 0) is 30.2 Å². The first-order valence-corrected chi connectivity index (χ1v) is 11.6. The summed E-state index contributed by atoms with van der Waals surface area (Å²) in [6.45, 7) is 2.98. The van der Waals surface area contributed by atoms with Gasteiger partial charge < -0.3 is 14.8 Å². The molecular weight excluding hydrogens is 424 g/mol. The molecule has 3 aromatic carbocycles. The van der Waals surface area contributed by atoms with Crippen LogP contribution in [0.4, 0.5) is 0 Å². The van der Waals surface area contributed by atoms with Crippen molar-refractivity contribution in [3.8, 4) is 0 Å². The highest BCUT2D eigenvalue weighted by molar-refractivity contribution is 5.89. The predicted octanol–water partition coefficient (Wildman–Crippen LogP) is 4.14. The molecule has 2 amide bonds. The van der Waals surface area contributed by atoms with Crippen LogP contribution in [0.5, 0.6) is 0 Å². The van der Waals surface area contributed by atoms with Crippen molar-refractivity contribution in [3.63, 3.8) is 0 Å². The van der Waals surface area contributed by atoms with E-state index in [4.69, 9.17) is 4.98 Å². The number of aryl methyl sites for hydroxylation is 2. The Kier molecular flexibility index (Phi) is 5.88. The van der Waals surface area contributed by atoms with Gasteiger partial charge in [-0.1, -0.05) is 72.3 Å². The van der Waals surface area contributed by atoms with Crippen molar-refractivity contribution in [2.45, 2.75) is 25.9 Å². The molecule has 4 aromatic rings. The summed E-state index contributed by atoms with van der Waals surface area (Å²) in [5.41, 5.74) is 5.10. The molecule has 34 heavy (non-hydrogen) atoms. The van der Waals surface area contributed by atoms with Crippen LogP contribution in [0, 0.1) is 12.8 Å². The van der Waals surface area contributed by atoms with Crippen LogP contribution in [0.25, 0.3) is 11.0 Å². The highest BCUT2D eigenvalue weighted by Gasteiger charge is 2.36. The van der Waals surface area contributed by atoms with E-state index in [9.17, 15) is 9.59 Å². The summed E-state index contributed by atoms with van der Waals surface area (Å²) in [7, 11) is 1.97. The molecule has 1 aliphatic heterocycles. The van der Waals surface area contributed by atoms with Gasteiger partial charge >= 0.3 is 0 Å². The normalized spacial score (nSPS) is 16.7. The molecule has 1 saturated heterocycles. The topological polar surface area (TPSA) is 67.2 Å². The van der Waals surface area contributed by atoms with Gasteiger partial charge in [-0.15, -0.1) is 0 Å². The zero-order chi connectivity index (χ0) is 23.7. The number of amides is 2. The van der Waals surface area contributed by atoms with Crippen LogP contribution in [-0.2, 0) is 23.2 Å². The molecule has 0 bridgehead atoms. The van der Waals surface area contributed by atoms with E-state index in [0.29, 0.717) is 13.1 Å². The number of nitrogens with zero attached hydrogens (tertiary/aromatic N) is 3. The summed E-state index contributed by atoms with van der Waals surface area (Å²) in [6.07, 6.45) is 0.224. The zero-order valence-electron chi connectivity index (χ0n) is 19.4. The fourth-order valence-corrected chi connectivity index (χ4v) is 4.64. The highest BCUT2D eigenvalue weighted by atomic mass is 16.2. The van der Waals surface area contributed by atoms with Gasteiger partial charge in [-0.25, -0.2) is 4.98 Å². The average molecular weight is 453 g/mol. The molecule has 1 aromatic heterocycles. The maximum atomic E-state index is 13.4. The van der Waals surface area contributed by atoms with E-state index in [1.54, 1.807) is 4.90 Å². The van der Waals surface area contributed by atoms with Crippen LogP contribution in [0.2, 0.25) is 0 Å². The van der Waals surface area contributed by atoms with Crippen LogP contribution in [0.15, 0.2) is 78.9 Å². The molecule has 0 radical (unpaired) electrons. The lowest BCUT2D eigenvalue weighted by molar-refractivity contribution is -0.129. The van der Waals surface area contributed by atoms with Gasteiger partial charge in [0.2, 0.25) is 11.8 Å². The number of nitrogens with one attached hydrogen (secondary N) is 1. The number of aromatic nitrogens is 2. The molecule has 172 valence electrons. The van der Waals surface area contributed by atoms with Crippen molar-refractivity contribution in [1.29, 1.82) is 0 Å². The average Bonchev–Trinajstić information content (AvgIpc) is 3.39. The minimum absolute atomic E-state index is 0.0136. The number of hydrogen-bond donors (Lipinski definition) is 1.